The highest BCUT2D eigenvalue weighted by Gasteiger charge is 2.46. The van der Waals surface area contributed by atoms with Gasteiger partial charge in [0.2, 0.25) is 5.43 Å². The average molecular weight is 521 g/mol. The van der Waals surface area contributed by atoms with Gasteiger partial charge >= 0.3 is 0 Å². The van der Waals surface area contributed by atoms with E-state index in [0.29, 0.717) is 30.6 Å². The van der Waals surface area contributed by atoms with Crippen molar-refractivity contribution >= 4 is 17.5 Å². The molecule has 0 radical (unpaired) electrons. The van der Waals surface area contributed by atoms with Gasteiger partial charge < -0.3 is 18.9 Å². The Bertz CT molecular complexity index is 1470. The molecule has 6 rings (SSSR count). The molecular formula is C29H26ClFN2O4. The van der Waals surface area contributed by atoms with Gasteiger partial charge in [0.05, 0.1) is 22.9 Å². The quantitative estimate of drug-likeness (QED) is 0.426. The Hall–Kier alpha value is -3.42. The molecule has 3 aromatic rings. The van der Waals surface area contributed by atoms with Crippen LogP contribution in [0.25, 0.3) is 0 Å². The largest absolute Gasteiger partial charge is 0.483 e. The first-order valence-electron chi connectivity index (χ1n) is 12.5. The summed E-state index contributed by atoms with van der Waals surface area (Å²) in [6.07, 6.45) is 6.64. The van der Waals surface area contributed by atoms with E-state index < -0.39 is 11.4 Å². The highest BCUT2D eigenvalue weighted by molar-refractivity contribution is 6.30. The number of pyridine rings is 1. The highest BCUT2D eigenvalue weighted by atomic mass is 35.5. The fourth-order valence-corrected chi connectivity index (χ4v) is 5.78. The third-order valence-electron chi connectivity index (χ3n) is 7.40. The first kappa shape index (κ1) is 23.9. The summed E-state index contributed by atoms with van der Waals surface area (Å²) in [5.41, 5.74) is 2.10. The Kier molecular flexibility index (Phi) is 6.13. The van der Waals surface area contributed by atoms with Gasteiger partial charge in [0.15, 0.2) is 11.4 Å². The second kappa shape index (κ2) is 9.47. The smallest absolute Gasteiger partial charge is 0.274 e. The van der Waals surface area contributed by atoms with Gasteiger partial charge in [0.25, 0.3) is 5.91 Å². The van der Waals surface area contributed by atoms with Crippen LogP contribution in [0.15, 0.2) is 65.5 Å². The van der Waals surface area contributed by atoms with E-state index in [1.165, 1.54) is 12.1 Å². The minimum absolute atomic E-state index is 0.00580. The van der Waals surface area contributed by atoms with E-state index in [-0.39, 0.29) is 47.6 Å². The van der Waals surface area contributed by atoms with Gasteiger partial charge in [-0.2, -0.15) is 0 Å². The molecule has 1 aromatic heterocycles. The van der Waals surface area contributed by atoms with Crippen molar-refractivity contribution in [1.29, 1.82) is 0 Å². The molecule has 0 saturated heterocycles. The second-order valence-electron chi connectivity index (χ2n) is 9.70. The van der Waals surface area contributed by atoms with Crippen molar-refractivity contribution in [1.82, 2.24) is 9.47 Å². The standard InChI is InChI=1S/C29H26ClFN2O4/c30-21-15-20(9-10-22(21)31)16-32-13-14-33-23-18-37-29(11-5-2-6-12-29)24(23)26(34)27(25(33)28(32)35)36-17-19-7-3-1-4-8-19/h1,3-5,7-11,15H,2,6,12-14,16-18H2. The first-order valence-corrected chi connectivity index (χ1v) is 12.9. The lowest BCUT2D eigenvalue weighted by atomic mass is 9.84. The van der Waals surface area contributed by atoms with Crippen LogP contribution in [0.1, 0.15) is 52.1 Å². The number of halogens is 2. The van der Waals surface area contributed by atoms with Crippen LogP contribution in [0.5, 0.6) is 5.75 Å². The van der Waals surface area contributed by atoms with E-state index >= 15 is 0 Å². The third-order valence-corrected chi connectivity index (χ3v) is 7.68. The Morgan fingerprint density at radius 2 is 1.92 bits per heavy atom. The monoisotopic (exact) mass is 520 g/mol. The molecule has 8 heteroatoms. The van der Waals surface area contributed by atoms with E-state index in [0.717, 1.165) is 24.1 Å². The Morgan fingerprint density at radius 3 is 2.68 bits per heavy atom. The van der Waals surface area contributed by atoms with Crippen molar-refractivity contribution in [2.45, 2.75) is 51.2 Å². The van der Waals surface area contributed by atoms with Crippen LogP contribution in [0.4, 0.5) is 4.39 Å². The van der Waals surface area contributed by atoms with Gasteiger partial charge in [0, 0.05) is 19.6 Å². The number of hydrogen-bond acceptors (Lipinski definition) is 4. The predicted octanol–water partition coefficient (Wildman–Crippen LogP) is 5.34. The first-order chi connectivity index (χ1) is 18.0. The van der Waals surface area contributed by atoms with E-state index in [9.17, 15) is 14.0 Å². The zero-order valence-electron chi connectivity index (χ0n) is 20.2. The Balaban J connectivity index is 1.43. The lowest BCUT2D eigenvalue weighted by Gasteiger charge is -2.33. The SMILES string of the molecule is O=C1c2c(OCc3ccccc3)c(=O)c3c(n2CCN1Cc1ccc(F)c(Cl)c1)COC31C=CCCC1. The summed E-state index contributed by atoms with van der Waals surface area (Å²) in [6.45, 7) is 1.58. The number of carbonyl (C=O) groups excluding carboxylic acids is 1. The van der Waals surface area contributed by atoms with E-state index in [2.05, 4.69) is 6.08 Å². The summed E-state index contributed by atoms with van der Waals surface area (Å²) in [7, 11) is 0. The third kappa shape index (κ3) is 4.16. The molecule has 1 spiro atoms. The normalized spacial score (nSPS) is 20.3. The zero-order chi connectivity index (χ0) is 25.6. The van der Waals surface area contributed by atoms with Crippen molar-refractivity contribution in [3.8, 4) is 5.75 Å². The van der Waals surface area contributed by atoms with E-state index in [4.69, 9.17) is 21.1 Å². The molecule has 1 unspecified atom stereocenters. The van der Waals surface area contributed by atoms with E-state index in [1.54, 1.807) is 11.0 Å². The Morgan fingerprint density at radius 1 is 1.08 bits per heavy atom. The second-order valence-corrected chi connectivity index (χ2v) is 10.1. The number of carbonyl (C=O) groups is 1. The maximum Gasteiger partial charge on any atom is 0.274 e. The van der Waals surface area contributed by atoms with Crippen LogP contribution in [0.3, 0.4) is 0 Å². The Labute approximate surface area is 218 Å². The molecule has 3 heterocycles. The molecule has 1 atom stereocenters. The fraction of sp³-hybridized carbons (Fsp3) is 0.310. The number of rotatable bonds is 5. The number of hydrogen-bond donors (Lipinski definition) is 0. The highest BCUT2D eigenvalue weighted by Crippen LogP contribution is 2.44. The molecule has 0 fully saturated rings. The van der Waals surface area contributed by atoms with Crippen molar-refractivity contribution in [2.24, 2.45) is 0 Å². The lowest BCUT2D eigenvalue weighted by Crippen LogP contribution is -2.43. The number of ether oxygens (including phenoxy) is 2. The van der Waals surface area contributed by atoms with Crippen LogP contribution in [-0.2, 0) is 36.6 Å². The number of amides is 1. The van der Waals surface area contributed by atoms with Crippen LogP contribution < -0.4 is 10.2 Å². The van der Waals surface area contributed by atoms with Crippen molar-refractivity contribution in [3.63, 3.8) is 0 Å². The molecule has 3 aliphatic rings. The lowest BCUT2D eigenvalue weighted by molar-refractivity contribution is -0.0114. The van der Waals surface area contributed by atoms with Crippen molar-refractivity contribution < 1.29 is 18.7 Å². The number of fused-ring (bicyclic) bond motifs is 4. The molecule has 190 valence electrons. The van der Waals surface area contributed by atoms with E-state index in [1.807, 2.05) is 41.0 Å². The molecule has 1 aliphatic carbocycles. The maximum absolute atomic E-state index is 14.0. The molecular weight excluding hydrogens is 495 g/mol. The van der Waals surface area contributed by atoms with Gasteiger partial charge in [-0.25, -0.2) is 4.39 Å². The summed E-state index contributed by atoms with van der Waals surface area (Å²) < 4.78 is 28.0. The molecule has 0 bridgehead atoms. The zero-order valence-corrected chi connectivity index (χ0v) is 21.0. The number of nitrogens with zero attached hydrogens (tertiary/aromatic N) is 2. The van der Waals surface area contributed by atoms with Crippen LogP contribution in [-0.4, -0.2) is 21.9 Å². The van der Waals surface area contributed by atoms with Gasteiger partial charge in [-0.3, -0.25) is 9.59 Å². The molecule has 0 N–H and O–H groups in total. The number of allylic oxidation sites excluding steroid dienone is 1. The van der Waals surface area contributed by atoms with Crippen molar-refractivity contribution in [3.05, 3.63) is 110 Å². The molecule has 6 nitrogen and oxygen atoms in total. The molecule has 1 amide bonds. The van der Waals surface area contributed by atoms with Gasteiger partial charge in [-0.1, -0.05) is 60.2 Å². The number of aromatic nitrogens is 1. The summed E-state index contributed by atoms with van der Waals surface area (Å²) in [4.78, 5) is 29.5. The minimum Gasteiger partial charge on any atom is -0.483 e. The van der Waals surface area contributed by atoms with Gasteiger partial charge in [-0.15, -0.1) is 0 Å². The van der Waals surface area contributed by atoms with Crippen LogP contribution in [0, 0.1) is 5.82 Å². The average Bonchev–Trinajstić information content (AvgIpc) is 3.27. The minimum atomic E-state index is -0.775. The van der Waals surface area contributed by atoms with Gasteiger partial charge in [0.1, 0.15) is 18.0 Å². The molecule has 0 saturated carbocycles. The topological polar surface area (TPSA) is 60.8 Å². The number of benzene rings is 2. The van der Waals surface area contributed by atoms with Gasteiger partial charge in [-0.05, 0) is 42.5 Å². The fourth-order valence-electron chi connectivity index (χ4n) is 5.57. The van der Waals surface area contributed by atoms with Crippen LogP contribution >= 0.6 is 11.6 Å². The summed E-state index contributed by atoms with van der Waals surface area (Å²) in [5, 5.41) is 0.00580. The predicted molar refractivity (Wildman–Crippen MR) is 137 cm³/mol. The van der Waals surface area contributed by atoms with Crippen LogP contribution in [0.2, 0.25) is 5.02 Å². The van der Waals surface area contributed by atoms with Crippen molar-refractivity contribution in [2.75, 3.05) is 6.54 Å². The molecule has 2 aliphatic heterocycles. The summed E-state index contributed by atoms with van der Waals surface area (Å²) >= 11 is 5.97. The molecule has 37 heavy (non-hydrogen) atoms. The summed E-state index contributed by atoms with van der Waals surface area (Å²) in [5.74, 6) is -0.766. The summed E-state index contributed by atoms with van der Waals surface area (Å²) in [6, 6.07) is 14.0. The molecule has 2 aromatic carbocycles. The maximum atomic E-state index is 14.0.